The lowest BCUT2D eigenvalue weighted by Gasteiger charge is -2.25. The number of carbonyl (C=O) groups is 1. The lowest BCUT2D eigenvalue weighted by Crippen LogP contribution is -2.40. The number of aromatic amines is 1. The lowest BCUT2D eigenvalue weighted by atomic mass is 9.96. The lowest BCUT2D eigenvalue weighted by molar-refractivity contribution is -0.143. The van der Waals surface area contributed by atoms with Gasteiger partial charge in [0.15, 0.2) is 4.80 Å². The molecule has 0 radical (unpaired) electrons. The Bertz CT molecular complexity index is 1640. The number of thioether (sulfide) groups is 1. The molecule has 3 heterocycles. The number of hydrogen-bond acceptors (Lipinski definition) is 6. The number of H-pyrrole nitrogens is 1. The van der Waals surface area contributed by atoms with Gasteiger partial charge in [-0.25, -0.2) is 9.79 Å². The fourth-order valence-electron chi connectivity index (χ4n) is 4.32. The van der Waals surface area contributed by atoms with Crippen molar-refractivity contribution in [3.8, 4) is 0 Å². The zero-order valence-electron chi connectivity index (χ0n) is 19.9. The number of rotatable bonds is 5. The number of ether oxygens (including phenoxy) is 1. The third-order valence-corrected chi connectivity index (χ3v) is 7.65. The summed E-state index contributed by atoms with van der Waals surface area (Å²) >= 11 is 2.97. The standard InChI is InChI=1S/C27H25N3O3S2/c1-15(2)33-26(32)23-16(3)29-27-30(24(23)17-9-11-19(34-4)12-10-17)25(31)22(35-27)13-18-14-28-21-8-6-5-7-20(18)21/h5-15,24,28H,1-4H3/b22-13-/t24-/m1/s1. The molecule has 1 aliphatic rings. The number of para-hydroxylation sites is 1. The van der Waals surface area contributed by atoms with Gasteiger partial charge in [0.2, 0.25) is 0 Å². The van der Waals surface area contributed by atoms with Crippen molar-refractivity contribution in [2.45, 2.75) is 37.8 Å². The first kappa shape index (κ1) is 23.4. The minimum Gasteiger partial charge on any atom is -0.459 e. The van der Waals surface area contributed by atoms with Crippen molar-refractivity contribution in [2.24, 2.45) is 4.99 Å². The summed E-state index contributed by atoms with van der Waals surface area (Å²) in [7, 11) is 0. The van der Waals surface area contributed by atoms with E-state index in [0.29, 0.717) is 20.6 Å². The Balaban J connectivity index is 1.72. The fourth-order valence-corrected chi connectivity index (χ4v) is 5.76. The summed E-state index contributed by atoms with van der Waals surface area (Å²) in [5.41, 5.74) is 3.55. The molecule has 0 saturated carbocycles. The first-order valence-electron chi connectivity index (χ1n) is 11.3. The number of hydrogen-bond donors (Lipinski definition) is 1. The molecule has 0 aliphatic carbocycles. The van der Waals surface area contributed by atoms with Crippen LogP contribution >= 0.6 is 23.1 Å². The molecule has 0 saturated heterocycles. The Kier molecular flexibility index (Phi) is 6.25. The van der Waals surface area contributed by atoms with Crippen LogP contribution in [0.2, 0.25) is 0 Å². The average molecular weight is 504 g/mol. The number of nitrogens with zero attached hydrogens (tertiary/aromatic N) is 2. The van der Waals surface area contributed by atoms with E-state index in [1.54, 1.807) is 23.3 Å². The molecule has 2 aromatic carbocycles. The predicted octanol–water partition coefficient (Wildman–Crippen LogP) is 4.39. The van der Waals surface area contributed by atoms with E-state index in [1.807, 2.05) is 80.9 Å². The molecule has 0 bridgehead atoms. The monoisotopic (exact) mass is 503 g/mol. The maximum atomic E-state index is 13.8. The van der Waals surface area contributed by atoms with Crippen LogP contribution in [0.15, 0.2) is 80.7 Å². The molecule has 5 rings (SSSR count). The van der Waals surface area contributed by atoms with Gasteiger partial charge in [0, 0.05) is 27.6 Å². The molecule has 0 unspecified atom stereocenters. The van der Waals surface area contributed by atoms with Crippen LogP contribution in [0.4, 0.5) is 0 Å². The van der Waals surface area contributed by atoms with Crippen LogP contribution in [-0.4, -0.2) is 27.9 Å². The molecule has 4 aromatic rings. The quantitative estimate of drug-likeness (QED) is 0.324. The number of benzene rings is 2. The van der Waals surface area contributed by atoms with Crippen LogP contribution < -0.4 is 14.9 Å². The van der Waals surface area contributed by atoms with Crippen LogP contribution in [0.1, 0.15) is 37.9 Å². The van der Waals surface area contributed by atoms with Crippen LogP contribution in [0.3, 0.4) is 0 Å². The van der Waals surface area contributed by atoms with Gasteiger partial charge >= 0.3 is 5.97 Å². The van der Waals surface area contributed by atoms with Crippen molar-refractivity contribution in [1.29, 1.82) is 0 Å². The van der Waals surface area contributed by atoms with Gasteiger partial charge in [-0.05, 0) is 56.9 Å². The van der Waals surface area contributed by atoms with E-state index in [9.17, 15) is 9.59 Å². The Morgan fingerprint density at radius 1 is 1.20 bits per heavy atom. The molecule has 178 valence electrons. The SMILES string of the molecule is CSc1ccc([C@@H]2C(C(=O)OC(C)C)=C(C)N=c3s/c(=C\c4c[nH]c5ccccc45)c(=O)n32)cc1. The van der Waals surface area contributed by atoms with Crippen LogP contribution in [0, 0.1) is 0 Å². The van der Waals surface area contributed by atoms with Crippen molar-refractivity contribution in [3.63, 3.8) is 0 Å². The number of thiazole rings is 1. The maximum absolute atomic E-state index is 13.8. The number of allylic oxidation sites excluding steroid dienone is 1. The topological polar surface area (TPSA) is 76.4 Å². The van der Waals surface area contributed by atoms with E-state index in [0.717, 1.165) is 26.9 Å². The van der Waals surface area contributed by atoms with E-state index >= 15 is 0 Å². The van der Waals surface area contributed by atoms with E-state index in [4.69, 9.17) is 4.74 Å². The second-order valence-corrected chi connectivity index (χ2v) is 10.5. The van der Waals surface area contributed by atoms with Gasteiger partial charge in [-0.1, -0.05) is 41.7 Å². The van der Waals surface area contributed by atoms with Crippen LogP contribution in [0.25, 0.3) is 17.0 Å². The average Bonchev–Trinajstić information content (AvgIpc) is 3.38. The third kappa shape index (κ3) is 4.28. The second kappa shape index (κ2) is 9.36. The Morgan fingerprint density at radius 2 is 1.94 bits per heavy atom. The summed E-state index contributed by atoms with van der Waals surface area (Å²) in [5.74, 6) is -0.453. The van der Waals surface area contributed by atoms with Gasteiger partial charge in [-0.2, -0.15) is 0 Å². The Labute approximate surface area is 210 Å². The highest BCUT2D eigenvalue weighted by atomic mass is 32.2. The zero-order chi connectivity index (χ0) is 24.7. The fraction of sp³-hybridized carbons (Fsp3) is 0.222. The molecule has 1 atom stereocenters. The molecular weight excluding hydrogens is 478 g/mol. The van der Waals surface area contributed by atoms with Crippen LogP contribution in [-0.2, 0) is 9.53 Å². The van der Waals surface area contributed by atoms with Crippen molar-refractivity contribution < 1.29 is 9.53 Å². The van der Waals surface area contributed by atoms with E-state index in [1.165, 1.54) is 11.3 Å². The van der Waals surface area contributed by atoms with Crippen molar-refractivity contribution in [1.82, 2.24) is 9.55 Å². The summed E-state index contributed by atoms with van der Waals surface area (Å²) < 4.78 is 7.76. The minimum absolute atomic E-state index is 0.180. The summed E-state index contributed by atoms with van der Waals surface area (Å²) in [6.07, 6.45) is 5.52. The van der Waals surface area contributed by atoms with Gasteiger partial charge in [0.25, 0.3) is 5.56 Å². The number of nitrogens with one attached hydrogen (secondary N) is 1. The molecule has 1 aliphatic heterocycles. The number of carbonyl (C=O) groups excluding carboxylic acids is 1. The smallest absolute Gasteiger partial charge is 0.338 e. The van der Waals surface area contributed by atoms with Gasteiger partial charge in [0.1, 0.15) is 0 Å². The van der Waals surface area contributed by atoms with Gasteiger partial charge in [-0.3, -0.25) is 9.36 Å². The number of fused-ring (bicyclic) bond motifs is 2. The molecule has 1 N–H and O–H groups in total. The van der Waals surface area contributed by atoms with Gasteiger partial charge in [-0.15, -0.1) is 11.8 Å². The number of aromatic nitrogens is 2. The normalized spacial score (nSPS) is 16.0. The number of esters is 1. The molecule has 2 aromatic heterocycles. The molecule has 6 nitrogen and oxygen atoms in total. The highest BCUT2D eigenvalue weighted by molar-refractivity contribution is 7.98. The van der Waals surface area contributed by atoms with E-state index < -0.39 is 12.0 Å². The molecular formula is C27H25N3O3S2. The highest BCUT2D eigenvalue weighted by Crippen LogP contribution is 2.32. The summed E-state index contributed by atoms with van der Waals surface area (Å²) in [4.78, 5) is 36.6. The summed E-state index contributed by atoms with van der Waals surface area (Å²) in [6.45, 7) is 5.43. The van der Waals surface area contributed by atoms with Crippen molar-refractivity contribution in [3.05, 3.63) is 96.8 Å². The summed E-state index contributed by atoms with van der Waals surface area (Å²) in [6, 6.07) is 15.3. The minimum atomic E-state index is -0.612. The first-order chi connectivity index (χ1) is 16.9. The zero-order valence-corrected chi connectivity index (χ0v) is 21.5. The maximum Gasteiger partial charge on any atom is 0.338 e. The van der Waals surface area contributed by atoms with Crippen molar-refractivity contribution in [2.75, 3.05) is 6.26 Å². The van der Waals surface area contributed by atoms with Gasteiger partial charge in [0.05, 0.1) is 27.9 Å². The highest BCUT2D eigenvalue weighted by Gasteiger charge is 2.33. The third-order valence-electron chi connectivity index (χ3n) is 5.92. The summed E-state index contributed by atoms with van der Waals surface area (Å²) in [5, 5.41) is 1.04. The van der Waals surface area contributed by atoms with Gasteiger partial charge < -0.3 is 9.72 Å². The first-order valence-corrected chi connectivity index (χ1v) is 13.3. The van der Waals surface area contributed by atoms with E-state index in [-0.39, 0.29) is 11.7 Å². The Hall–Kier alpha value is -3.36. The molecule has 35 heavy (non-hydrogen) atoms. The second-order valence-electron chi connectivity index (χ2n) is 8.60. The van der Waals surface area contributed by atoms with Crippen LogP contribution in [0.5, 0.6) is 0 Å². The molecule has 0 spiro atoms. The molecule has 0 amide bonds. The molecule has 8 heteroatoms. The molecule has 0 fully saturated rings. The van der Waals surface area contributed by atoms with E-state index in [2.05, 4.69) is 9.98 Å². The largest absolute Gasteiger partial charge is 0.459 e. The predicted molar refractivity (Wildman–Crippen MR) is 142 cm³/mol. The Morgan fingerprint density at radius 3 is 2.66 bits per heavy atom. The van der Waals surface area contributed by atoms with Crippen molar-refractivity contribution >= 4 is 46.0 Å².